The Kier molecular flexibility index (Phi) is 4.81. The second kappa shape index (κ2) is 6.39. The summed E-state index contributed by atoms with van der Waals surface area (Å²) in [5.74, 6) is 0.821. The third kappa shape index (κ3) is 3.39. The Hall–Kier alpha value is -1.36. The van der Waals surface area contributed by atoms with E-state index < -0.39 is 6.10 Å². The van der Waals surface area contributed by atoms with Gasteiger partial charge in [0.05, 0.1) is 11.8 Å². The first-order valence-corrected chi connectivity index (χ1v) is 6.89. The maximum Gasteiger partial charge on any atom is 0.138 e. The molecule has 1 atom stereocenters. The lowest BCUT2D eigenvalue weighted by Crippen LogP contribution is -2.24. The molecule has 1 N–H and O–H groups in total. The van der Waals surface area contributed by atoms with Gasteiger partial charge in [0.2, 0.25) is 0 Å². The van der Waals surface area contributed by atoms with Crippen LogP contribution in [0.25, 0.3) is 0 Å². The van der Waals surface area contributed by atoms with Crippen molar-refractivity contribution in [3.63, 3.8) is 0 Å². The van der Waals surface area contributed by atoms with Crippen LogP contribution in [0.4, 0.5) is 0 Å². The van der Waals surface area contributed by atoms with Crippen molar-refractivity contribution in [1.29, 1.82) is 0 Å². The third-order valence-corrected chi connectivity index (χ3v) is 3.70. The van der Waals surface area contributed by atoms with Crippen molar-refractivity contribution in [3.05, 3.63) is 51.9 Å². The lowest BCUT2D eigenvalue weighted by atomic mass is 10.1. The number of likely N-dealkylation sites (N-methyl/N-ethyl adjacent to an activating group) is 1. The molecule has 2 aromatic rings. The first-order chi connectivity index (χ1) is 9.49. The van der Waals surface area contributed by atoms with E-state index in [2.05, 4.69) is 5.16 Å². The molecule has 0 radical (unpaired) electrons. The van der Waals surface area contributed by atoms with Crippen LogP contribution in [0.2, 0.25) is 5.02 Å². The van der Waals surface area contributed by atoms with E-state index >= 15 is 0 Å². The SMILES string of the molecule is Cc1noc(C)c1CN(C)CC(O)c1ccccc1Cl. The van der Waals surface area contributed by atoms with Crippen molar-refractivity contribution < 1.29 is 9.63 Å². The first kappa shape index (κ1) is 15.0. The van der Waals surface area contributed by atoms with Gasteiger partial charge in [-0.3, -0.25) is 4.90 Å². The fourth-order valence-electron chi connectivity index (χ4n) is 2.20. The molecule has 1 heterocycles. The maximum atomic E-state index is 10.3. The van der Waals surface area contributed by atoms with Gasteiger partial charge in [0.25, 0.3) is 0 Å². The largest absolute Gasteiger partial charge is 0.387 e. The van der Waals surface area contributed by atoms with Crippen molar-refractivity contribution in [2.24, 2.45) is 0 Å². The Morgan fingerprint density at radius 2 is 2.05 bits per heavy atom. The molecule has 5 heteroatoms. The summed E-state index contributed by atoms with van der Waals surface area (Å²) in [6.45, 7) is 4.99. The fourth-order valence-corrected chi connectivity index (χ4v) is 2.46. The van der Waals surface area contributed by atoms with E-state index in [9.17, 15) is 5.11 Å². The molecule has 0 aliphatic rings. The van der Waals surface area contributed by atoms with Gasteiger partial charge in [-0.25, -0.2) is 0 Å². The number of rotatable bonds is 5. The number of halogens is 1. The first-order valence-electron chi connectivity index (χ1n) is 6.51. The van der Waals surface area contributed by atoms with Crippen LogP contribution in [0.1, 0.15) is 28.7 Å². The van der Waals surface area contributed by atoms with E-state index in [1.165, 1.54) is 0 Å². The summed E-state index contributed by atoms with van der Waals surface area (Å²) in [6.07, 6.45) is -0.617. The molecule has 0 saturated carbocycles. The minimum atomic E-state index is -0.617. The minimum absolute atomic E-state index is 0.494. The zero-order chi connectivity index (χ0) is 14.7. The summed E-state index contributed by atoms with van der Waals surface area (Å²) in [7, 11) is 1.95. The number of hydrogen-bond donors (Lipinski definition) is 1. The molecular weight excluding hydrogens is 276 g/mol. The normalized spacial score (nSPS) is 12.9. The lowest BCUT2D eigenvalue weighted by molar-refractivity contribution is 0.123. The predicted molar refractivity (Wildman–Crippen MR) is 78.7 cm³/mol. The third-order valence-electron chi connectivity index (χ3n) is 3.36. The maximum absolute atomic E-state index is 10.3. The van der Waals surface area contributed by atoms with Gasteiger partial charge in [-0.15, -0.1) is 0 Å². The molecule has 0 bridgehead atoms. The Balaban J connectivity index is 2.01. The Morgan fingerprint density at radius 3 is 2.65 bits per heavy atom. The van der Waals surface area contributed by atoms with Gasteiger partial charge in [-0.2, -0.15) is 0 Å². The summed E-state index contributed by atoms with van der Waals surface area (Å²) >= 11 is 6.09. The van der Waals surface area contributed by atoms with Crippen LogP contribution in [0.3, 0.4) is 0 Å². The molecule has 108 valence electrons. The topological polar surface area (TPSA) is 49.5 Å². The van der Waals surface area contributed by atoms with E-state index in [1.54, 1.807) is 6.07 Å². The Morgan fingerprint density at radius 1 is 1.35 bits per heavy atom. The lowest BCUT2D eigenvalue weighted by Gasteiger charge is -2.21. The van der Waals surface area contributed by atoms with Crippen LogP contribution < -0.4 is 0 Å². The number of nitrogens with zero attached hydrogens (tertiary/aromatic N) is 2. The molecule has 0 aliphatic heterocycles. The molecule has 0 fully saturated rings. The number of aryl methyl sites for hydroxylation is 2. The van der Waals surface area contributed by atoms with Gasteiger partial charge in [0.1, 0.15) is 5.76 Å². The highest BCUT2D eigenvalue weighted by Gasteiger charge is 2.16. The number of benzene rings is 1. The van der Waals surface area contributed by atoms with Gasteiger partial charge in [-0.05, 0) is 27.0 Å². The molecular formula is C15H19ClN2O2. The molecule has 1 aromatic carbocycles. The molecule has 2 rings (SSSR count). The molecule has 0 spiro atoms. The molecule has 0 aliphatic carbocycles. The van der Waals surface area contributed by atoms with Crippen LogP contribution in [-0.2, 0) is 6.54 Å². The Bertz CT molecular complexity index is 564. The summed E-state index contributed by atoms with van der Waals surface area (Å²) in [5, 5.41) is 14.8. The summed E-state index contributed by atoms with van der Waals surface area (Å²) in [5.41, 5.74) is 2.71. The number of aliphatic hydroxyl groups is 1. The van der Waals surface area contributed by atoms with Gasteiger partial charge in [-0.1, -0.05) is 35.0 Å². The summed E-state index contributed by atoms with van der Waals surface area (Å²) < 4.78 is 5.14. The standard InChI is InChI=1S/C15H19ClN2O2/c1-10-13(11(2)20-17-10)8-18(3)9-15(19)12-6-4-5-7-14(12)16/h4-7,15,19H,8-9H2,1-3H3. The number of aromatic nitrogens is 1. The van der Waals surface area contributed by atoms with Crippen molar-refractivity contribution in [2.75, 3.05) is 13.6 Å². The van der Waals surface area contributed by atoms with E-state index in [-0.39, 0.29) is 0 Å². The van der Waals surface area contributed by atoms with Crippen molar-refractivity contribution in [2.45, 2.75) is 26.5 Å². The van der Waals surface area contributed by atoms with E-state index in [0.29, 0.717) is 18.1 Å². The molecule has 0 amide bonds. The van der Waals surface area contributed by atoms with Crippen LogP contribution in [-0.4, -0.2) is 28.8 Å². The molecule has 4 nitrogen and oxygen atoms in total. The highest BCUT2D eigenvalue weighted by atomic mass is 35.5. The van der Waals surface area contributed by atoms with Gasteiger partial charge in [0, 0.05) is 29.2 Å². The zero-order valence-corrected chi connectivity index (χ0v) is 12.7. The smallest absolute Gasteiger partial charge is 0.138 e. The average molecular weight is 295 g/mol. The highest BCUT2D eigenvalue weighted by Crippen LogP contribution is 2.24. The molecule has 20 heavy (non-hydrogen) atoms. The monoisotopic (exact) mass is 294 g/mol. The summed E-state index contributed by atoms with van der Waals surface area (Å²) in [4.78, 5) is 2.03. The van der Waals surface area contributed by atoms with E-state index in [4.69, 9.17) is 16.1 Å². The quantitative estimate of drug-likeness (QED) is 0.920. The van der Waals surface area contributed by atoms with Gasteiger partial charge in [0.15, 0.2) is 0 Å². The van der Waals surface area contributed by atoms with Crippen molar-refractivity contribution >= 4 is 11.6 Å². The average Bonchev–Trinajstić information content (AvgIpc) is 2.71. The minimum Gasteiger partial charge on any atom is -0.387 e. The second-order valence-corrected chi connectivity index (χ2v) is 5.44. The van der Waals surface area contributed by atoms with Crippen LogP contribution >= 0.6 is 11.6 Å². The summed E-state index contributed by atoms with van der Waals surface area (Å²) in [6, 6.07) is 7.36. The Labute approximate surface area is 124 Å². The van der Waals surface area contributed by atoms with Gasteiger partial charge >= 0.3 is 0 Å². The fraction of sp³-hybridized carbons (Fsp3) is 0.400. The van der Waals surface area contributed by atoms with E-state index in [1.807, 2.05) is 44.0 Å². The van der Waals surface area contributed by atoms with E-state index in [0.717, 1.165) is 22.6 Å². The van der Waals surface area contributed by atoms with Crippen molar-refractivity contribution in [3.8, 4) is 0 Å². The predicted octanol–water partition coefficient (Wildman–Crippen LogP) is 3.11. The molecule has 1 aromatic heterocycles. The zero-order valence-electron chi connectivity index (χ0n) is 11.9. The van der Waals surface area contributed by atoms with Gasteiger partial charge < -0.3 is 9.63 Å². The molecule has 1 unspecified atom stereocenters. The van der Waals surface area contributed by atoms with Crippen LogP contribution in [0, 0.1) is 13.8 Å². The van der Waals surface area contributed by atoms with Crippen LogP contribution in [0.5, 0.6) is 0 Å². The highest BCUT2D eigenvalue weighted by molar-refractivity contribution is 6.31. The molecule has 0 saturated heterocycles. The van der Waals surface area contributed by atoms with Crippen molar-refractivity contribution in [1.82, 2.24) is 10.1 Å². The number of aliphatic hydroxyl groups excluding tert-OH is 1. The second-order valence-electron chi connectivity index (χ2n) is 5.04. The number of hydrogen-bond acceptors (Lipinski definition) is 4. The van der Waals surface area contributed by atoms with Crippen LogP contribution in [0.15, 0.2) is 28.8 Å².